The number of fused-ring (bicyclic) bond motifs is 1. The predicted molar refractivity (Wildman–Crippen MR) is 84.9 cm³/mol. The molecule has 2 aliphatic rings. The molecule has 1 amide bonds. The maximum absolute atomic E-state index is 13.2. The topological polar surface area (TPSA) is 47.6 Å². The molecule has 23 heavy (non-hydrogen) atoms. The summed E-state index contributed by atoms with van der Waals surface area (Å²) in [5.74, 6) is 0.149. The van der Waals surface area contributed by atoms with Gasteiger partial charge in [0.2, 0.25) is 0 Å². The van der Waals surface area contributed by atoms with E-state index in [4.69, 9.17) is 9.47 Å². The Bertz CT molecular complexity index is 582. The number of benzene rings is 1. The van der Waals surface area contributed by atoms with Gasteiger partial charge in [-0.1, -0.05) is 13.8 Å². The molecule has 3 rings (SSSR count). The molecular weight excluding hydrogens is 297 g/mol. The molecule has 1 saturated heterocycles. The van der Waals surface area contributed by atoms with Crippen LogP contribution in [0.5, 0.6) is 5.75 Å². The first-order valence-corrected chi connectivity index (χ1v) is 8.30. The standard InChI is InChI=1S/C18H24FNO3/c1-18(2,16-5-3-4-8-22-16)11-20-17(21)15-10-12-9-13(19)6-7-14(12)23-15/h6-7,9,15-16H,3-5,8,10-11H2,1-2H3,(H,20,21)/t15-,16+/m0/s1. The van der Waals surface area contributed by atoms with E-state index in [-0.39, 0.29) is 23.2 Å². The van der Waals surface area contributed by atoms with Crippen LogP contribution in [-0.4, -0.2) is 31.3 Å². The monoisotopic (exact) mass is 321 g/mol. The van der Waals surface area contributed by atoms with Gasteiger partial charge in [-0.3, -0.25) is 4.79 Å². The second kappa shape index (κ2) is 6.48. The van der Waals surface area contributed by atoms with Gasteiger partial charge in [-0.25, -0.2) is 4.39 Å². The second-order valence-electron chi connectivity index (χ2n) is 7.12. The predicted octanol–water partition coefficient (Wildman–Crippen LogP) is 2.84. The molecule has 0 unspecified atom stereocenters. The van der Waals surface area contributed by atoms with E-state index in [0.717, 1.165) is 25.0 Å². The van der Waals surface area contributed by atoms with Gasteiger partial charge >= 0.3 is 0 Å². The number of hydrogen-bond acceptors (Lipinski definition) is 3. The Morgan fingerprint density at radius 2 is 2.22 bits per heavy atom. The van der Waals surface area contributed by atoms with E-state index in [1.165, 1.54) is 18.6 Å². The van der Waals surface area contributed by atoms with Crippen LogP contribution in [0.3, 0.4) is 0 Å². The van der Waals surface area contributed by atoms with E-state index >= 15 is 0 Å². The van der Waals surface area contributed by atoms with Gasteiger partial charge in [0.15, 0.2) is 6.10 Å². The number of carbonyl (C=O) groups is 1. The summed E-state index contributed by atoms with van der Waals surface area (Å²) >= 11 is 0. The van der Waals surface area contributed by atoms with Crippen molar-refractivity contribution in [2.24, 2.45) is 5.41 Å². The Kier molecular flexibility index (Phi) is 4.57. The van der Waals surface area contributed by atoms with E-state index in [2.05, 4.69) is 19.2 Å². The van der Waals surface area contributed by atoms with Crippen molar-refractivity contribution < 1.29 is 18.7 Å². The van der Waals surface area contributed by atoms with Crippen molar-refractivity contribution >= 4 is 5.91 Å². The van der Waals surface area contributed by atoms with E-state index in [1.54, 1.807) is 6.07 Å². The molecule has 4 nitrogen and oxygen atoms in total. The minimum Gasteiger partial charge on any atom is -0.480 e. The van der Waals surface area contributed by atoms with Crippen molar-refractivity contribution in [1.29, 1.82) is 0 Å². The highest BCUT2D eigenvalue weighted by molar-refractivity contribution is 5.82. The summed E-state index contributed by atoms with van der Waals surface area (Å²) in [6, 6.07) is 4.36. The maximum Gasteiger partial charge on any atom is 0.261 e. The lowest BCUT2D eigenvalue weighted by Crippen LogP contribution is -2.47. The van der Waals surface area contributed by atoms with Gasteiger partial charge < -0.3 is 14.8 Å². The van der Waals surface area contributed by atoms with Crippen LogP contribution in [0.1, 0.15) is 38.7 Å². The van der Waals surface area contributed by atoms with Gasteiger partial charge in [0.05, 0.1) is 6.10 Å². The fraction of sp³-hybridized carbons (Fsp3) is 0.611. The third-order valence-electron chi connectivity index (χ3n) is 4.76. The largest absolute Gasteiger partial charge is 0.480 e. The molecule has 126 valence electrons. The average Bonchev–Trinajstić information content (AvgIpc) is 2.96. The number of amides is 1. The number of ether oxygens (including phenoxy) is 2. The number of carbonyl (C=O) groups excluding carboxylic acids is 1. The summed E-state index contributed by atoms with van der Waals surface area (Å²) in [4.78, 5) is 12.4. The third-order valence-corrected chi connectivity index (χ3v) is 4.76. The zero-order chi connectivity index (χ0) is 16.4. The van der Waals surface area contributed by atoms with Crippen LogP contribution < -0.4 is 10.1 Å². The molecule has 0 bridgehead atoms. The van der Waals surface area contributed by atoms with Crippen molar-refractivity contribution in [3.05, 3.63) is 29.6 Å². The van der Waals surface area contributed by atoms with Gasteiger partial charge in [-0.2, -0.15) is 0 Å². The number of hydrogen-bond donors (Lipinski definition) is 1. The van der Waals surface area contributed by atoms with Crippen LogP contribution in [0.15, 0.2) is 18.2 Å². The number of halogens is 1. The first-order valence-electron chi connectivity index (χ1n) is 8.30. The molecule has 0 aliphatic carbocycles. The Balaban J connectivity index is 1.54. The van der Waals surface area contributed by atoms with Gasteiger partial charge in [0.25, 0.3) is 5.91 Å². The lowest BCUT2D eigenvalue weighted by Gasteiger charge is -2.37. The lowest BCUT2D eigenvalue weighted by molar-refractivity contribution is -0.128. The van der Waals surface area contributed by atoms with Crippen LogP contribution >= 0.6 is 0 Å². The van der Waals surface area contributed by atoms with Gasteiger partial charge in [-0.15, -0.1) is 0 Å². The summed E-state index contributed by atoms with van der Waals surface area (Å²) in [6.45, 7) is 5.57. The van der Waals surface area contributed by atoms with E-state index in [1.807, 2.05) is 0 Å². The zero-order valence-electron chi connectivity index (χ0n) is 13.7. The fourth-order valence-electron chi connectivity index (χ4n) is 3.26. The highest BCUT2D eigenvalue weighted by Gasteiger charge is 2.34. The van der Waals surface area contributed by atoms with Crippen LogP contribution in [0.25, 0.3) is 0 Å². The maximum atomic E-state index is 13.2. The van der Waals surface area contributed by atoms with E-state index in [0.29, 0.717) is 18.7 Å². The Morgan fingerprint density at radius 1 is 1.39 bits per heavy atom. The minimum absolute atomic E-state index is 0.117. The summed E-state index contributed by atoms with van der Waals surface area (Å²) in [5, 5.41) is 2.97. The fourth-order valence-corrected chi connectivity index (χ4v) is 3.26. The Labute approximate surface area is 136 Å². The first-order chi connectivity index (χ1) is 11.0. The van der Waals surface area contributed by atoms with E-state index < -0.39 is 6.10 Å². The molecule has 1 fully saturated rings. The third kappa shape index (κ3) is 3.66. The molecule has 0 radical (unpaired) electrons. The quantitative estimate of drug-likeness (QED) is 0.927. The molecule has 1 N–H and O–H groups in total. The van der Waals surface area contributed by atoms with Crippen molar-refractivity contribution in [2.45, 2.75) is 51.7 Å². The van der Waals surface area contributed by atoms with Crippen LogP contribution in [0.2, 0.25) is 0 Å². The molecule has 0 saturated carbocycles. The number of nitrogens with one attached hydrogen (secondary N) is 1. The second-order valence-corrected chi connectivity index (χ2v) is 7.12. The van der Waals surface area contributed by atoms with Gasteiger partial charge in [0, 0.05) is 30.6 Å². The summed E-state index contributed by atoms with van der Waals surface area (Å²) < 4.78 is 24.7. The van der Waals surface area contributed by atoms with Crippen molar-refractivity contribution in [3.8, 4) is 5.75 Å². The SMILES string of the molecule is CC(C)(CNC(=O)[C@@H]1Cc2cc(F)ccc2O1)[C@H]1CCCCO1. The van der Waals surface area contributed by atoms with E-state index in [9.17, 15) is 9.18 Å². The smallest absolute Gasteiger partial charge is 0.261 e. The Hall–Kier alpha value is -1.62. The Morgan fingerprint density at radius 3 is 2.96 bits per heavy atom. The lowest BCUT2D eigenvalue weighted by atomic mass is 9.82. The molecule has 1 aromatic rings. The highest BCUT2D eigenvalue weighted by atomic mass is 19.1. The van der Waals surface area contributed by atoms with Crippen LogP contribution in [0.4, 0.5) is 4.39 Å². The van der Waals surface area contributed by atoms with Gasteiger partial charge in [-0.05, 0) is 37.5 Å². The molecule has 0 aromatic heterocycles. The molecule has 2 heterocycles. The van der Waals surface area contributed by atoms with Gasteiger partial charge in [0.1, 0.15) is 11.6 Å². The molecule has 0 spiro atoms. The summed E-state index contributed by atoms with van der Waals surface area (Å²) in [7, 11) is 0. The molecular formula is C18H24FNO3. The number of rotatable bonds is 4. The van der Waals surface area contributed by atoms with Crippen molar-refractivity contribution in [2.75, 3.05) is 13.2 Å². The van der Waals surface area contributed by atoms with Crippen LogP contribution in [-0.2, 0) is 16.0 Å². The normalized spacial score (nSPS) is 24.0. The minimum atomic E-state index is -0.574. The molecule has 1 aromatic carbocycles. The highest BCUT2D eigenvalue weighted by Crippen LogP contribution is 2.31. The molecule has 2 aliphatic heterocycles. The summed E-state index contributed by atoms with van der Waals surface area (Å²) in [5.41, 5.74) is 0.633. The first kappa shape index (κ1) is 16.2. The molecule has 2 atom stereocenters. The molecule has 5 heteroatoms. The zero-order valence-corrected chi connectivity index (χ0v) is 13.7. The summed E-state index contributed by atoms with van der Waals surface area (Å²) in [6.07, 6.45) is 3.34. The van der Waals surface area contributed by atoms with Crippen molar-refractivity contribution in [1.82, 2.24) is 5.32 Å². The van der Waals surface area contributed by atoms with Crippen LogP contribution in [0, 0.1) is 11.2 Å². The average molecular weight is 321 g/mol. The van der Waals surface area contributed by atoms with Crippen molar-refractivity contribution in [3.63, 3.8) is 0 Å².